The van der Waals surface area contributed by atoms with Crippen molar-refractivity contribution in [1.82, 2.24) is 10.3 Å². The molecule has 0 amide bonds. The van der Waals surface area contributed by atoms with Crippen LogP contribution < -0.4 is 10.6 Å². The number of dihydropyridines is 1. The number of aromatic nitrogens is 1. The van der Waals surface area contributed by atoms with Crippen molar-refractivity contribution in [2.45, 2.75) is 40.5 Å². The number of hydrogen-bond acceptors (Lipinski definition) is 8. The number of rotatable bonds is 8. The maximum Gasteiger partial charge on any atom is 0.336 e. The van der Waals surface area contributed by atoms with E-state index in [1.807, 2.05) is 63.2 Å². The molecule has 192 valence electrons. The number of carbonyl (C=O) groups is 2. The second kappa shape index (κ2) is 11.4. The Kier molecular flexibility index (Phi) is 8.08. The van der Waals surface area contributed by atoms with Crippen molar-refractivity contribution in [3.05, 3.63) is 88.4 Å². The van der Waals surface area contributed by atoms with Gasteiger partial charge in [0.2, 0.25) is 0 Å². The van der Waals surface area contributed by atoms with Crippen LogP contribution in [0.1, 0.15) is 44.9 Å². The molecule has 8 heteroatoms. The van der Waals surface area contributed by atoms with Gasteiger partial charge in [0, 0.05) is 17.1 Å². The average Bonchev–Trinajstić information content (AvgIpc) is 3.24. The van der Waals surface area contributed by atoms with E-state index < -0.39 is 17.9 Å². The summed E-state index contributed by atoms with van der Waals surface area (Å²) in [4.78, 5) is 31.9. The number of nitrogens with one attached hydrogen (secondary N) is 2. The third kappa shape index (κ3) is 5.59. The van der Waals surface area contributed by atoms with Gasteiger partial charge in [-0.15, -0.1) is 0 Å². The molecule has 37 heavy (non-hydrogen) atoms. The molecule has 0 bridgehead atoms. The molecule has 7 nitrogen and oxygen atoms in total. The van der Waals surface area contributed by atoms with Crippen LogP contribution in [0.4, 0.5) is 10.8 Å². The number of ether oxygens (including phenoxy) is 2. The van der Waals surface area contributed by atoms with Gasteiger partial charge in [-0.2, -0.15) is 0 Å². The van der Waals surface area contributed by atoms with Gasteiger partial charge < -0.3 is 20.1 Å². The minimum Gasteiger partial charge on any atom is -0.463 e. The van der Waals surface area contributed by atoms with E-state index in [1.165, 1.54) is 0 Å². The van der Waals surface area contributed by atoms with Crippen molar-refractivity contribution in [2.75, 3.05) is 18.5 Å². The SMILES string of the molecule is CCOC(=O)C1=C(C)NC(C)=C(C(=O)OCC)C1c1cccc(Nc2nc(C)c(-c3ccccc3)s2)c1. The lowest BCUT2D eigenvalue weighted by atomic mass is 9.80. The van der Waals surface area contributed by atoms with Crippen LogP contribution >= 0.6 is 11.3 Å². The number of anilines is 2. The molecule has 0 saturated carbocycles. The average molecular weight is 518 g/mol. The van der Waals surface area contributed by atoms with E-state index in [-0.39, 0.29) is 13.2 Å². The lowest BCUT2D eigenvalue weighted by Crippen LogP contribution is -2.32. The normalized spacial score (nSPS) is 13.9. The summed E-state index contributed by atoms with van der Waals surface area (Å²) < 4.78 is 10.8. The van der Waals surface area contributed by atoms with E-state index >= 15 is 0 Å². The van der Waals surface area contributed by atoms with E-state index in [0.29, 0.717) is 22.5 Å². The first-order valence-electron chi connectivity index (χ1n) is 12.3. The molecular weight excluding hydrogens is 486 g/mol. The highest BCUT2D eigenvalue weighted by molar-refractivity contribution is 7.19. The summed E-state index contributed by atoms with van der Waals surface area (Å²) in [7, 11) is 0. The second-order valence-electron chi connectivity index (χ2n) is 8.63. The molecule has 0 saturated heterocycles. The molecule has 3 aromatic rings. The Hall–Kier alpha value is -3.91. The fourth-order valence-corrected chi connectivity index (χ4v) is 5.50. The summed E-state index contributed by atoms with van der Waals surface area (Å²) in [5.74, 6) is -1.57. The predicted octanol–water partition coefficient (Wildman–Crippen LogP) is 6.22. The Morgan fingerprint density at radius 2 is 1.54 bits per heavy atom. The highest BCUT2D eigenvalue weighted by atomic mass is 32.1. The summed E-state index contributed by atoms with van der Waals surface area (Å²) in [5.41, 5.74) is 5.71. The maximum absolute atomic E-state index is 13.1. The Bertz CT molecular complexity index is 1330. The first kappa shape index (κ1) is 26.2. The molecule has 0 radical (unpaired) electrons. The molecule has 1 aliphatic heterocycles. The van der Waals surface area contributed by atoms with E-state index in [9.17, 15) is 9.59 Å². The van der Waals surface area contributed by atoms with Gasteiger partial charge in [0.05, 0.1) is 40.8 Å². The molecule has 2 aromatic carbocycles. The number of hydrogen-bond donors (Lipinski definition) is 2. The largest absolute Gasteiger partial charge is 0.463 e. The molecular formula is C29H31N3O4S. The molecule has 2 N–H and O–H groups in total. The van der Waals surface area contributed by atoms with Crippen molar-refractivity contribution in [1.29, 1.82) is 0 Å². The topological polar surface area (TPSA) is 89.5 Å². The third-order valence-electron chi connectivity index (χ3n) is 6.05. The lowest BCUT2D eigenvalue weighted by Gasteiger charge is -2.30. The summed E-state index contributed by atoms with van der Waals surface area (Å²) in [5, 5.41) is 7.33. The second-order valence-corrected chi connectivity index (χ2v) is 9.63. The Morgan fingerprint density at radius 1 is 0.919 bits per heavy atom. The summed E-state index contributed by atoms with van der Waals surface area (Å²) in [6.45, 7) is 9.61. The smallest absolute Gasteiger partial charge is 0.336 e. The van der Waals surface area contributed by atoms with Crippen molar-refractivity contribution < 1.29 is 19.1 Å². The minimum absolute atomic E-state index is 0.231. The number of thiazole rings is 1. The van der Waals surface area contributed by atoms with E-state index in [2.05, 4.69) is 22.8 Å². The van der Waals surface area contributed by atoms with E-state index in [4.69, 9.17) is 14.5 Å². The molecule has 0 atom stereocenters. The Balaban J connectivity index is 1.73. The summed E-state index contributed by atoms with van der Waals surface area (Å²) >= 11 is 1.57. The van der Waals surface area contributed by atoms with Crippen molar-refractivity contribution >= 4 is 34.1 Å². The first-order chi connectivity index (χ1) is 17.8. The number of allylic oxidation sites excluding steroid dienone is 2. The number of esters is 2. The van der Waals surface area contributed by atoms with Crippen LogP contribution in [0.2, 0.25) is 0 Å². The van der Waals surface area contributed by atoms with Crippen LogP contribution in [0.5, 0.6) is 0 Å². The monoisotopic (exact) mass is 517 g/mol. The van der Waals surface area contributed by atoms with Gasteiger partial charge in [-0.05, 0) is 57.9 Å². The first-order valence-corrected chi connectivity index (χ1v) is 13.1. The molecule has 2 heterocycles. The van der Waals surface area contributed by atoms with Crippen LogP contribution in [0.15, 0.2) is 77.1 Å². The van der Waals surface area contributed by atoms with Crippen molar-refractivity contribution in [3.8, 4) is 10.4 Å². The van der Waals surface area contributed by atoms with Gasteiger partial charge in [0.15, 0.2) is 5.13 Å². The van der Waals surface area contributed by atoms with E-state index in [1.54, 1.807) is 25.2 Å². The van der Waals surface area contributed by atoms with Crippen molar-refractivity contribution in [2.24, 2.45) is 0 Å². The highest BCUT2D eigenvalue weighted by Gasteiger charge is 2.38. The highest BCUT2D eigenvalue weighted by Crippen LogP contribution is 2.41. The third-order valence-corrected chi connectivity index (χ3v) is 7.18. The zero-order valence-electron chi connectivity index (χ0n) is 21.7. The van der Waals surface area contributed by atoms with Gasteiger partial charge in [-0.1, -0.05) is 53.8 Å². The molecule has 1 aromatic heterocycles. The summed E-state index contributed by atoms with van der Waals surface area (Å²) in [6, 6.07) is 17.8. The predicted molar refractivity (Wildman–Crippen MR) is 147 cm³/mol. The number of carbonyl (C=O) groups excluding carboxylic acids is 2. The maximum atomic E-state index is 13.1. The minimum atomic E-state index is -0.640. The summed E-state index contributed by atoms with van der Waals surface area (Å²) in [6.07, 6.45) is 0. The number of benzene rings is 2. The molecule has 0 aliphatic carbocycles. The molecule has 0 unspecified atom stereocenters. The Morgan fingerprint density at radius 3 is 2.14 bits per heavy atom. The standard InChI is InChI=1S/C29H31N3O4S/c1-6-35-27(33)23-17(3)30-18(4)24(28(34)36-7-2)25(23)21-14-11-15-22(16-21)32-29-31-19(5)26(37-29)20-12-9-8-10-13-20/h8-16,25,30H,6-7H2,1-5H3,(H,31,32). The van der Waals surface area contributed by atoms with Gasteiger partial charge in [-0.25, -0.2) is 14.6 Å². The van der Waals surface area contributed by atoms with Crippen LogP contribution in [-0.4, -0.2) is 30.1 Å². The molecule has 0 fully saturated rings. The van der Waals surface area contributed by atoms with Gasteiger partial charge in [-0.3, -0.25) is 0 Å². The van der Waals surface area contributed by atoms with E-state index in [0.717, 1.165) is 32.5 Å². The van der Waals surface area contributed by atoms with Gasteiger partial charge in [0.1, 0.15) is 0 Å². The lowest BCUT2D eigenvalue weighted by molar-refractivity contribution is -0.139. The van der Waals surface area contributed by atoms with Crippen LogP contribution in [0, 0.1) is 6.92 Å². The Labute approximate surface area is 221 Å². The molecule has 0 spiro atoms. The fraction of sp³-hybridized carbons (Fsp3) is 0.276. The van der Waals surface area contributed by atoms with Crippen LogP contribution in [0.25, 0.3) is 10.4 Å². The van der Waals surface area contributed by atoms with Crippen molar-refractivity contribution in [3.63, 3.8) is 0 Å². The molecule has 1 aliphatic rings. The number of nitrogens with zero attached hydrogens (tertiary/aromatic N) is 1. The van der Waals surface area contributed by atoms with Crippen LogP contribution in [-0.2, 0) is 19.1 Å². The van der Waals surface area contributed by atoms with Gasteiger partial charge >= 0.3 is 11.9 Å². The van der Waals surface area contributed by atoms with Gasteiger partial charge in [0.25, 0.3) is 0 Å². The zero-order valence-corrected chi connectivity index (χ0v) is 22.5. The quantitative estimate of drug-likeness (QED) is 0.343. The fourth-order valence-electron chi connectivity index (χ4n) is 4.51. The van der Waals surface area contributed by atoms with Crippen LogP contribution in [0.3, 0.4) is 0 Å². The zero-order chi connectivity index (χ0) is 26.5. The number of aryl methyl sites for hydroxylation is 1. The molecule has 4 rings (SSSR count).